The number of rotatable bonds is 4. The molecule has 0 N–H and O–H groups in total. The average Bonchev–Trinajstić information content (AvgIpc) is 3.00. The van der Waals surface area contributed by atoms with Gasteiger partial charge in [-0.3, -0.25) is 0 Å². The SMILES string of the molecule is CN(O[SH](=O)=O)c1cc[c]c(C2CC2)n1. The van der Waals surface area contributed by atoms with Crippen molar-refractivity contribution in [2.75, 3.05) is 12.1 Å². The van der Waals surface area contributed by atoms with Gasteiger partial charge in [-0.15, -0.1) is 4.28 Å². The normalized spacial score (nSPS) is 15.6. The molecule has 1 aromatic rings. The van der Waals surface area contributed by atoms with Crippen LogP contribution < -0.4 is 5.06 Å². The van der Waals surface area contributed by atoms with E-state index in [1.807, 2.05) is 0 Å². The zero-order chi connectivity index (χ0) is 10.8. The lowest BCUT2D eigenvalue weighted by Crippen LogP contribution is -2.18. The van der Waals surface area contributed by atoms with E-state index in [0.717, 1.165) is 23.6 Å². The summed E-state index contributed by atoms with van der Waals surface area (Å²) in [7, 11) is -1.39. The third kappa shape index (κ3) is 2.66. The van der Waals surface area contributed by atoms with Gasteiger partial charge in [0.15, 0.2) is 5.82 Å². The third-order valence-electron chi connectivity index (χ3n) is 2.17. The first-order valence-corrected chi connectivity index (χ1v) is 5.71. The molecule has 1 aromatic heterocycles. The molecule has 81 valence electrons. The van der Waals surface area contributed by atoms with Gasteiger partial charge in [0.2, 0.25) is 0 Å². The Morgan fingerprint density at radius 1 is 1.60 bits per heavy atom. The minimum Gasteiger partial charge on any atom is -0.233 e. The van der Waals surface area contributed by atoms with Gasteiger partial charge in [-0.1, -0.05) is 0 Å². The van der Waals surface area contributed by atoms with Gasteiger partial charge in [0.05, 0.1) is 5.69 Å². The molecule has 1 saturated carbocycles. The molecule has 6 heteroatoms. The highest BCUT2D eigenvalue weighted by molar-refractivity contribution is 7.67. The maximum Gasteiger partial charge on any atom is 0.278 e. The number of hydroxylamine groups is 1. The van der Waals surface area contributed by atoms with Crippen molar-refractivity contribution in [3.63, 3.8) is 0 Å². The summed E-state index contributed by atoms with van der Waals surface area (Å²) in [6.45, 7) is 0. The molecular formula is C9H11N2O3S. The zero-order valence-electron chi connectivity index (χ0n) is 8.21. The Hall–Kier alpha value is -1.14. The molecule has 0 spiro atoms. The van der Waals surface area contributed by atoms with E-state index in [4.69, 9.17) is 0 Å². The van der Waals surface area contributed by atoms with Crippen molar-refractivity contribution >= 4 is 16.8 Å². The fourth-order valence-corrected chi connectivity index (χ4v) is 1.56. The first-order valence-electron chi connectivity index (χ1n) is 4.61. The second-order valence-corrected chi connectivity index (χ2v) is 4.02. The van der Waals surface area contributed by atoms with Crippen LogP contribution in [0.5, 0.6) is 0 Å². The van der Waals surface area contributed by atoms with Crippen LogP contribution in [0.15, 0.2) is 12.1 Å². The lowest BCUT2D eigenvalue weighted by molar-refractivity contribution is 0.317. The lowest BCUT2D eigenvalue weighted by atomic mass is 10.2. The number of anilines is 1. The van der Waals surface area contributed by atoms with Crippen LogP contribution in [-0.2, 0) is 15.3 Å². The van der Waals surface area contributed by atoms with Crippen LogP contribution in [-0.4, -0.2) is 20.4 Å². The van der Waals surface area contributed by atoms with Gasteiger partial charge in [0, 0.05) is 19.0 Å². The number of pyridine rings is 1. The van der Waals surface area contributed by atoms with E-state index in [1.54, 1.807) is 12.1 Å². The molecule has 2 rings (SSSR count). The van der Waals surface area contributed by atoms with E-state index >= 15 is 0 Å². The molecule has 0 atom stereocenters. The molecule has 1 fully saturated rings. The van der Waals surface area contributed by atoms with Crippen molar-refractivity contribution in [2.45, 2.75) is 18.8 Å². The van der Waals surface area contributed by atoms with E-state index in [-0.39, 0.29) is 0 Å². The molecule has 15 heavy (non-hydrogen) atoms. The summed E-state index contributed by atoms with van der Waals surface area (Å²) in [5.41, 5.74) is 0.879. The van der Waals surface area contributed by atoms with Gasteiger partial charge in [-0.2, -0.15) is 0 Å². The maximum absolute atomic E-state index is 10.4. The number of aromatic nitrogens is 1. The standard InChI is InChI=1S/C9H11N2O3S/c1-11(14-15(12)13)9-4-2-3-8(10-9)7-5-6-7/h2,4,7,15H,5-6H2,1H3. The monoisotopic (exact) mass is 227 g/mol. The fourth-order valence-electron chi connectivity index (χ4n) is 1.28. The number of nitrogens with zero attached hydrogens (tertiary/aromatic N) is 2. The van der Waals surface area contributed by atoms with E-state index in [1.165, 1.54) is 7.05 Å². The van der Waals surface area contributed by atoms with Gasteiger partial charge in [-0.05, 0) is 25.0 Å². The average molecular weight is 227 g/mol. The molecule has 1 aliphatic carbocycles. The fraction of sp³-hybridized carbons (Fsp3) is 0.444. The number of hydrogen-bond acceptors (Lipinski definition) is 5. The Bertz CT molecular complexity index is 421. The predicted octanol–water partition coefficient (Wildman–Crippen LogP) is 0.653. The smallest absolute Gasteiger partial charge is 0.233 e. The van der Waals surface area contributed by atoms with Gasteiger partial charge in [0.1, 0.15) is 0 Å². The summed E-state index contributed by atoms with van der Waals surface area (Å²) in [5, 5.41) is 1.13. The second-order valence-electron chi connectivity index (χ2n) is 3.41. The minimum atomic E-state index is -2.90. The molecule has 0 unspecified atom stereocenters. The van der Waals surface area contributed by atoms with Crippen LogP contribution in [0.1, 0.15) is 24.5 Å². The topological polar surface area (TPSA) is 59.5 Å². The Kier molecular flexibility index (Phi) is 2.88. The molecule has 5 nitrogen and oxygen atoms in total. The van der Waals surface area contributed by atoms with Crippen molar-refractivity contribution < 1.29 is 12.7 Å². The van der Waals surface area contributed by atoms with Gasteiger partial charge in [0.25, 0.3) is 11.0 Å². The van der Waals surface area contributed by atoms with Crippen molar-refractivity contribution in [3.8, 4) is 0 Å². The van der Waals surface area contributed by atoms with Gasteiger partial charge >= 0.3 is 0 Å². The summed E-state index contributed by atoms with van der Waals surface area (Å²) in [6, 6.07) is 6.42. The first-order chi connectivity index (χ1) is 7.16. The van der Waals surface area contributed by atoms with Crippen LogP contribution in [0, 0.1) is 6.07 Å². The highest BCUT2D eigenvalue weighted by atomic mass is 32.2. The predicted molar refractivity (Wildman–Crippen MR) is 54.9 cm³/mol. The third-order valence-corrected chi connectivity index (χ3v) is 2.55. The first kappa shape index (κ1) is 10.4. The summed E-state index contributed by atoms with van der Waals surface area (Å²) in [5.74, 6) is 0.967. The lowest BCUT2D eigenvalue weighted by Gasteiger charge is -2.13. The van der Waals surface area contributed by atoms with E-state index in [0.29, 0.717) is 11.7 Å². The molecule has 0 amide bonds. The van der Waals surface area contributed by atoms with E-state index in [9.17, 15) is 8.42 Å². The molecule has 1 radical (unpaired) electrons. The van der Waals surface area contributed by atoms with Crippen LogP contribution in [0.2, 0.25) is 0 Å². The summed E-state index contributed by atoms with van der Waals surface area (Å²) >= 11 is 0. The van der Waals surface area contributed by atoms with Crippen molar-refractivity contribution in [2.24, 2.45) is 0 Å². The van der Waals surface area contributed by atoms with Gasteiger partial charge in [-0.25, -0.2) is 18.5 Å². The van der Waals surface area contributed by atoms with Gasteiger partial charge < -0.3 is 0 Å². The molecule has 0 aromatic carbocycles. The summed E-state index contributed by atoms with van der Waals surface area (Å²) in [6.07, 6.45) is 2.26. The van der Waals surface area contributed by atoms with E-state index < -0.39 is 11.0 Å². The molecule has 0 saturated heterocycles. The summed E-state index contributed by atoms with van der Waals surface area (Å²) < 4.78 is 25.2. The van der Waals surface area contributed by atoms with Crippen LogP contribution in [0.25, 0.3) is 0 Å². The second kappa shape index (κ2) is 4.16. The molecular weight excluding hydrogens is 216 g/mol. The zero-order valence-corrected chi connectivity index (χ0v) is 9.11. The Labute approximate surface area is 89.8 Å². The summed E-state index contributed by atoms with van der Waals surface area (Å²) in [4.78, 5) is 4.27. The van der Waals surface area contributed by atoms with E-state index in [2.05, 4.69) is 15.3 Å². The Morgan fingerprint density at radius 3 is 2.93 bits per heavy atom. The molecule has 1 aliphatic rings. The van der Waals surface area contributed by atoms with Crippen molar-refractivity contribution in [1.82, 2.24) is 4.98 Å². The largest absolute Gasteiger partial charge is 0.278 e. The van der Waals surface area contributed by atoms with Crippen LogP contribution in [0.4, 0.5) is 5.82 Å². The highest BCUT2D eigenvalue weighted by Gasteiger charge is 2.25. The van der Waals surface area contributed by atoms with Crippen LogP contribution in [0.3, 0.4) is 0 Å². The number of thiol groups is 1. The quantitative estimate of drug-likeness (QED) is 0.604. The Balaban J connectivity index is 2.16. The maximum atomic E-state index is 10.4. The number of hydrogen-bond donors (Lipinski definition) is 1. The molecule has 0 bridgehead atoms. The van der Waals surface area contributed by atoms with Crippen LogP contribution >= 0.6 is 0 Å². The van der Waals surface area contributed by atoms with Crippen molar-refractivity contribution in [1.29, 1.82) is 0 Å². The molecule has 1 heterocycles. The highest BCUT2D eigenvalue weighted by Crippen LogP contribution is 2.39. The molecule has 0 aliphatic heterocycles. The minimum absolute atomic E-state index is 0.481. The Morgan fingerprint density at radius 2 is 2.33 bits per heavy atom. The van der Waals surface area contributed by atoms with Crippen molar-refractivity contribution in [3.05, 3.63) is 23.9 Å².